The highest BCUT2D eigenvalue weighted by atomic mass is 79.9. The molecule has 7 heteroatoms. The van der Waals surface area contributed by atoms with Crippen LogP contribution in [0, 0.1) is 0 Å². The number of aromatic nitrogens is 1. The predicted octanol–water partition coefficient (Wildman–Crippen LogP) is 3.17. The summed E-state index contributed by atoms with van der Waals surface area (Å²) in [6.07, 6.45) is -2.71. The molecular formula is C8H5BrClF2NO2. The third kappa shape index (κ3) is 2.63. The van der Waals surface area contributed by atoms with Crippen molar-refractivity contribution in [1.29, 1.82) is 0 Å². The molecule has 1 aromatic rings. The smallest absolute Gasteiger partial charge is 0.274 e. The maximum absolute atomic E-state index is 12.4. The van der Waals surface area contributed by atoms with E-state index in [0.29, 0.717) is 0 Å². The van der Waals surface area contributed by atoms with Gasteiger partial charge in [0.1, 0.15) is 10.4 Å². The van der Waals surface area contributed by atoms with Gasteiger partial charge >= 0.3 is 0 Å². The van der Waals surface area contributed by atoms with E-state index in [2.05, 4.69) is 20.9 Å². The van der Waals surface area contributed by atoms with Crippen LogP contribution in [-0.4, -0.2) is 17.3 Å². The lowest BCUT2D eigenvalue weighted by molar-refractivity contribution is 0.107. The van der Waals surface area contributed by atoms with Crippen molar-refractivity contribution in [3.63, 3.8) is 0 Å². The first-order valence-corrected chi connectivity index (χ1v) is 4.87. The van der Waals surface area contributed by atoms with E-state index in [-0.39, 0.29) is 21.6 Å². The van der Waals surface area contributed by atoms with E-state index in [4.69, 9.17) is 16.3 Å². The van der Waals surface area contributed by atoms with E-state index in [1.54, 1.807) is 0 Å². The van der Waals surface area contributed by atoms with Crippen LogP contribution >= 0.6 is 27.5 Å². The number of pyridine rings is 1. The van der Waals surface area contributed by atoms with Crippen LogP contribution < -0.4 is 4.74 Å². The summed E-state index contributed by atoms with van der Waals surface area (Å²) in [5.74, 6) is -0.0755. The average molecular weight is 300 g/mol. The van der Waals surface area contributed by atoms with Crippen molar-refractivity contribution in [2.75, 3.05) is 7.11 Å². The minimum atomic E-state index is -2.71. The molecule has 0 saturated carbocycles. The van der Waals surface area contributed by atoms with Gasteiger partial charge in [-0.1, -0.05) is 0 Å². The molecule has 0 aliphatic carbocycles. The number of halogens is 4. The third-order valence-corrected chi connectivity index (χ3v) is 2.42. The van der Waals surface area contributed by atoms with Gasteiger partial charge in [0.2, 0.25) is 0 Å². The number of methoxy groups -OCH3 is 1. The molecule has 15 heavy (non-hydrogen) atoms. The first-order chi connectivity index (χ1) is 6.97. The number of ether oxygens (including phenoxy) is 1. The van der Waals surface area contributed by atoms with Crippen LogP contribution in [0.4, 0.5) is 8.78 Å². The monoisotopic (exact) mass is 299 g/mol. The molecular weight excluding hydrogens is 295 g/mol. The van der Waals surface area contributed by atoms with E-state index >= 15 is 0 Å². The minimum Gasteiger partial charge on any atom is -0.494 e. The number of alkyl halides is 2. The molecule has 1 rings (SSSR count). The summed E-state index contributed by atoms with van der Waals surface area (Å²) in [6, 6.07) is 1.03. The number of hydrogen-bond acceptors (Lipinski definition) is 3. The zero-order valence-electron chi connectivity index (χ0n) is 7.43. The van der Waals surface area contributed by atoms with Crippen LogP contribution in [0.2, 0.25) is 0 Å². The van der Waals surface area contributed by atoms with E-state index in [0.717, 1.165) is 6.07 Å². The molecule has 0 bridgehead atoms. The second-order valence-corrected chi connectivity index (χ2v) is 3.59. The second-order valence-electron chi connectivity index (χ2n) is 2.49. The van der Waals surface area contributed by atoms with Crippen LogP contribution in [0.1, 0.15) is 22.5 Å². The van der Waals surface area contributed by atoms with Gasteiger partial charge in [0.15, 0.2) is 5.69 Å². The van der Waals surface area contributed by atoms with Crippen molar-refractivity contribution in [3.8, 4) is 5.75 Å². The summed E-state index contributed by atoms with van der Waals surface area (Å²) in [5, 5.41) is -0.867. The van der Waals surface area contributed by atoms with Crippen LogP contribution in [0.5, 0.6) is 5.75 Å². The Morgan fingerprint density at radius 1 is 1.67 bits per heavy atom. The van der Waals surface area contributed by atoms with E-state index in [1.807, 2.05) is 0 Å². The van der Waals surface area contributed by atoms with Gasteiger partial charge in [-0.05, 0) is 33.6 Å². The number of rotatable bonds is 3. The Hall–Kier alpha value is -0.750. The maximum atomic E-state index is 12.4. The molecule has 0 radical (unpaired) electrons. The Balaban J connectivity index is 3.35. The third-order valence-electron chi connectivity index (χ3n) is 1.61. The fraction of sp³-hybridized carbons (Fsp3) is 0.250. The predicted molar refractivity (Wildman–Crippen MR) is 53.6 cm³/mol. The summed E-state index contributed by atoms with van der Waals surface area (Å²) in [7, 11) is 1.24. The Labute approximate surface area is 97.5 Å². The fourth-order valence-corrected chi connectivity index (χ4v) is 1.54. The number of nitrogens with zero attached hydrogens (tertiary/aromatic N) is 1. The molecule has 0 fully saturated rings. The molecule has 0 N–H and O–H groups in total. The number of carbonyl (C=O) groups excluding carboxylic acids is 1. The molecule has 0 saturated heterocycles. The minimum absolute atomic E-state index is 0.0755. The van der Waals surface area contributed by atoms with Crippen LogP contribution in [0.15, 0.2) is 10.7 Å². The van der Waals surface area contributed by atoms with E-state index < -0.39 is 11.7 Å². The van der Waals surface area contributed by atoms with Crippen LogP contribution in [-0.2, 0) is 0 Å². The average Bonchev–Trinajstić information content (AvgIpc) is 2.16. The van der Waals surface area contributed by atoms with E-state index in [9.17, 15) is 13.6 Å². The summed E-state index contributed by atoms with van der Waals surface area (Å²) >= 11 is 8.02. The lowest BCUT2D eigenvalue weighted by Crippen LogP contribution is -2.02. The van der Waals surface area contributed by atoms with Crippen LogP contribution in [0.25, 0.3) is 0 Å². The lowest BCUT2D eigenvalue weighted by atomic mass is 10.2. The standard InChI is InChI=1S/C8H5BrClF2NO2/c1-15-4-2-3(8(11)12)6(9)13-5(4)7(10)14/h2,8H,1H3. The van der Waals surface area contributed by atoms with Gasteiger partial charge in [-0.3, -0.25) is 4.79 Å². The van der Waals surface area contributed by atoms with E-state index in [1.165, 1.54) is 7.11 Å². The quantitative estimate of drug-likeness (QED) is 0.636. The van der Waals surface area contributed by atoms with Crippen molar-refractivity contribution in [1.82, 2.24) is 4.98 Å². The zero-order valence-corrected chi connectivity index (χ0v) is 9.77. The molecule has 3 nitrogen and oxygen atoms in total. The highest BCUT2D eigenvalue weighted by molar-refractivity contribution is 9.10. The summed E-state index contributed by atoms with van der Waals surface area (Å²) in [5.41, 5.74) is -0.552. The van der Waals surface area contributed by atoms with Gasteiger partial charge in [-0.25, -0.2) is 13.8 Å². The Kier molecular flexibility index (Phi) is 3.98. The molecule has 0 aliphatic rings. The molecule has 1 heterocycles. The molecule has 0 amide bonds. The maximum Gasteiger partial charge on any atom is 0.274 e. The van der Waals surface area contributed by atoms with Crippen molar-refractivity contribution < 1.29 is 18.3 Å². The second kappa shape index (κ2) is 4.85. The normalized spacial score (nSPS) is 10.5. The molecule has 0 atom stereocenters. The summed E-state index contributed by atoms with van der Waals surface area (Å²) in [6.45, 7) is 0. The van der Waals surface area contributed by atoms with Gasteiger partial charge in [0.05, 0.1) is 12.7 Å². The molecule has 0 unspecified atom stereocenters. The Morgan fingerprint density at radius 2 is 2.27 bits per heavy atom. The molecule has 0 aromatic carbocycles. The topological polar surface area (TPSA) is 39.2 Å². The zero-order chi connectivity index (χ0) is 11.6. The number of hydrogen-bond donors (Lipinski definition) is 0. The lowest BCUT2D eigenvalue weighted by Gasteiger charge is -2.08. The van der Waals surface area contributed by atoms with Crippen molar-refractivity contribution in [3.05, 3.63) is 21.9 Å². The van der Waals surface area contributed by atoms with Gasteiger partial charge < -0.3 is 4.74 Å². The number of carbonyl (C=O) groups is 1. The summed E-state index contributed by atoms with van der Waals surface area (Å²) < 4.78 is 29.5. The first-order valence-electron chi connectivity index (χ1n) is 3.69. The van der Waals surface area contributed by atoms with Gasteiger partial charge in [0.25, 0.3) is 11.7 Å². The van der Waals surface area contributed by atoms with Gasteiger partial charge in [-0.2, -0.15) is 0 Å². The van der Waals surface area contributed by atoms with Crippen molar-refractivity contribution in [2.24, 2.45) is 0 Å². The molecule has 1 aromatic heterocycles. The SMILES string of the molecule is COc1cc(C(F)F)c(Br)nc1C(=O)Cl. The fourth-order valence-electron chi connectivity index (χ4n) is 0.936. The van der Waals surface area contributed by atoms with Gasteiger partial charge in [0, 0.05) is 0 Å². The largest absolute Gasteiger partial charge is 0.494 e. The van der Waals surface area contributed by atoms with Crippen LogP contribution in [0.3, 0.4) is 0 Å². The van der Waals surface area contributed by atoms with Gasteiger partial charge in [-0.15, -0.1) is 0 Å². The Morgan fingerprint density at radius 3 is 2.67 bits per heavy atom. The van der Waals surface area contributed by atoms with Crippen molar-refractivity contribution in [2.45, 2.75) is 6.43 Å². The molecule has 0 aliphatic heterocycles. The first kappa shape index (κ1) is 12.3. The Bertz CT molecular complexity index is 400. The van der Waals surface area contributed by atoms with Crippen molar-refractivity contribution >= 4 is 32.8 Å². The highest BCUT2D eigenvalue weighted by Crippen LogP contribution is 2.31. The highest BCUT2D eigenvalue weighted by Gasteiger charge is 2.20. The molecule has 82 valence electrons. The summed E-state index contributed by atoms with van der Waals surface area (Å²) in [4.78, 5) is 14.5. The molecule has 0 spiro atoms.